The standard InChI is InChI=1S/C19H23NO4/c1-11(2)23-19(18(13(4)21)14(5)22)16-10-17(24-20-16)15-8-6-12(3)7-9-15/h6-11,18-19H,1-5H3. The molecule has 5 heteroatoms. The lowest BCUT2D eigenvalue weighted by Crippen LogP contribution is -2.30. The highest BCUT2D eigenvalue weighted by atomic mass is 16.5. The largest absolute Gasteiger partial charge is 0.368 e. The maximum atomic E-state index is 11.9. The molecule has 2 rings (SSSR count). The summed E-state index contributed by atoms with van der Waals surface area (Å²) in [5.74, 6) is -0.794. The van der Waals surface area contributed by atoms with Crippen LogP contribution in [0.15, 0.2) is 34.9 Å². The topological polar surface area (TPSA) is 69.4 Å². The van der Waals surface area contributed by atoms with Crippen LogP contribution in [0.2, 0.25) is 0 Å². The number of ketones is 2. The minimum atomic E-state index is -0.886. The highest BCUT2D eigenvalue weighted by molar-refractivity contribution is 6.01. The van der Waals surface area contributed by atoms with Crippen LogP contribution in [0.5, 0.6) is 0 Å². The first-order valence-electron chi connectivity index (χ1n) is 7.99. The van der Waals surface area contributed by atoms with E-state index < -0.39 is 12.0 Å². The van der Waals surface area contributed by atoms with Gasteiger partial charge in [0, 0.05) is 11.6 Å². The predicted molar refractivity (Wildman–Crippen MR) is 90.5 cm³/mol. The lowest BCUT2D eigenvalue weighted by Gasteiger charge is -2.23. The highest BCUT2D eigenvalue weighted by Crippen LogP contribution is 2.31. The van der Waals surface area contributed by atoms with E-state index in [-0.39, 0.29) is 17.7 Å². The van der Waals surface area contributed by atoms with Gasteiger partial charge in [-0.3, -0.25) is 9.59 Å². The first-order chi connectivity index (χ1) is 11.3. The molecule has 0 aliphatic carbocycles. The molecule has 2 aromatic rings. The number of aromatic nitrogens is 1. The van der Waals surface area contributed by atoms with Crippen molar-refractivity contribution in [1.29, 1.82) is 0 Å². The zero-order valence-corrected chi connectivity index (χ0v) is 14.7. The van der Waals surface area contributed by atoms with Crippen molar-refractivity contribution >= 4 is 11.6 Å². The van der Waals surface area contributed by atoms with Gasteiger partial charge in [-0.1, -0.05) is 35.0 Å². The van der Waals surface area contributed by atoms with Crippen LogP contribution in [-0.2, 0) is 14.3 Å². The number of carbonyl (C=O) groups excluding carboxylic acids is 2. The predicted octanol–water partition coefficient (Wildman–Crippen LogP) is 3.91. The minimum absolute atomic E-state index is 0.157. The number of nitrogens with zero attached hydrogens (tertiary/aromatic N) is 1. The van der Waals surface area contributed by atoms with Crippen LogP contribution in [0.3, 0.4) is 0 Å². The Hall–Kier alpha value is -2.27. The highest BCUT2D eigenvalue weighted by Gasteiger charge is 2.35. The molecule has 0 N–H and O–H groups in total. The summed E-state index contributed by atoms with van der Waals surface area (Å²) in [5, 5.41) is 4.05. The summed E-state index contributed by atoms with van der Waals surface area (Å²) in [7, 11) is 0. The third kappa shape index (κ3) is 4.17. The molecule has 0 bridgehead atoms. The molecule has 0 aliphatic rings. The number of rotatable bonds is 7. The monoisotopic (exact) mass is 329 g/mol. The van der Waals surface area contributed by atoms with Gasteiger partial charge in [-0.15, -0.1) is 0 Å². The van der Waals surface area contributed by atoms with Gasteiger partial charge in [0.15, 0.2) is 5.76 Å². The molecule has 1 aromatic heterocycles. The number of Topliss-reactive ketones (excluding diaryl/α,β-unsaturated/α-hetero) is 2. The summed E-state index contributed by atoms with van der Waals surface area (Å²) in [5.41, 5.74) is 2.48. The zero-order chi connectivity index (χ0) is 17.9. The number of hydrogen-bond acceptors (Lipinski definition) is 5. The third-order valence-electron chi connectivity index (χ3n) is 3.75. The second-order valence-corrected chi connectivity index (χ2v) is 6.29. The maximum absolute atomic E-state index is 11.9. The van der Waals surface area contributed by atoms with Gasteiger partial charge < -0.3 is 9.26 Å². The van der Waals surface area contributed by atoms with E-state index in [0.29, 0.717) is 11.5 Å². The van der Waals surface area contributed by atoms with E-state index in [0.717, 1.165) is 11.1 Å². The van der Waals surface area contributed by atoms with E-state index in [1.165, 1.54) is 13.8 Å². The van der Waals surface area contributed by atoms with Crippen molar-refractivity contribution in [3.63, 3.8) is 0 Å². The molecule has 0 amide bonds. The van der Waals surface area contributed by atoms with Crippen LogP contribution in [-0.4, -0.2) is 22.8 Å². The number of carbonyl (C=O) groups is 2. The Morgan fingerprint density at radius 3 is 2.17 bits per heavy atom. The summed E-state index contributed by atoms with van der Waals surface area (Å²) >= 11 is 0. The fourth-order valence-electron chi connectivity index (χ4n) is 2.60. The molecule has 0 fully saturated rings. The first-order valence-corrected chi connectivity index (χ1v) is 7.99. The summed E-state index contributed by atoms with van der Waals surface area (Å²) in [6.45, 7) is 8.50. The molecule has 0 aliphatic heterocycles. The van der Waals surface area contributed by atoms with Crippen LogP contribution in [0.4, 0.5) is 0 Å². The van der Waals surface area contributed by atoms with Gasteiger partial charge in [0.05, 0.1) is 6.10 Å². The molecule has 0 radical (unpaired) electrons. The molecule has 128 valence electrons. The molecule has 24 heavy (non-hydrogen) atoms. The first kappa shape index (κ1) is 18.1. The minimum Gasteiger partial charge on any atom is -0.368 e. The SMILES string of the molecule is CC(=O)C(C(C)=O)C(OC(C)C)c1cc(-c2ccc(C)cc2)on1. The number of benzene rings is 1. The molecule has 5 nitrogen and oxygen atoms in total. The molecule has 1 aromatic carbocycles. The average Bonchev–Trinajstić information content (AvgIpc) is 2.95. The fraction of sp³-hybridized carbons (Fsp3) is 0.421. The normalized spacial score (nSPS) is 12.6. The summed E-state index contributed by atoms with van der Waals surface area (Å²) in [4.78, 5) is 23.9. The lowest BCUT2D eigenvalue weighted by molar-refractivity contribution is -0.139. The van der Waals surface area contributed by atoms with Crippen molar-refractivity contribution in [2.45, 2.75) is 46.8 Å². The van der Waals surface area contributed by atoms with Crippen molar-refractivity contribution in [2.24, 2.45) is 5.92 Å². The second-order valence-electron chi connectivity index (χ2n) is 6.29. The van der Waals surface area contributed by atoms with Crippen molar-refractivity contribution < 1.29 is 18.8 Å². The lowest BCUT2D eigenvalue weighted by atomic mass is 9.91. The van der Waals surface area contributed by atoms with E-state index in [1.807, 2.05) is 45.0 Å². The van der Waals surface area contributed by atoms with Gasteiger partial charge in [0.25, 0.3) is 0 Å². The smallest absolute Gasteiger partial charge is 0.167 e. The van der Waals surface area contributed by atoms with E-state index in [1.54, 1.807) is 6.07 Å². The van der Waals surface area contributed by atoms with Crippen LogP contribution < -0.4 is 0 Å². The van der Waals surface area contributed by atoms with Gasteiger partial charge >= 0.3 is 0 Å². The summed E-state index contributed by atoms with van der Waals surface area (Å²) in [6.07, 6.45) is -0.904. The van der Waals surface area contributed by atoms with E-state index in [4.69, 9.17) is 9.26 Å². The Bertz CT molecular complexity index is 701. The van der Waals surface area contributed by atoms with Gasteiger partial charge in [-0.05, 0) is 34.6 Å². The van der Waals surface area contributed by atoms with Crippen molar-refractivity contribution in [3.05, 3.63) is 41.6 Å². The molecule has 1 heterocycles. The Kier molecular flexibility index (Phi) is 5.67. The van der Waals surface area contributed by atoms with Gasteiger partial charge in [0.1, 0.15) is 29.3 Å². The van der Waals surface area contributed by atoms with E-state index >= 15 is 0 Å². The molecule has 1 unspecified atom stereocenters. The Balaban J connectivity index is 2.38. The van der Waals surface area contributed by atoms with Gasteiger partial charge in [-0.25, -0.2) is 0 Å². The quantitative estimate of drug-likeness (QED) is 0.720. The molecule has 0 spiro atoms. The summed E-state index contributed by atoms with van der Waals surface area (Å²) in [6, 6.07) is 9.56. The third-order valence-corrected chi connectivity index (χ3v) is 3.75. The Labute approximate surface area is 142 Å². The number of ether oxygens (including phenoxy) is 1. The second kappa shape index (κ2) is 7.53. The van der Waals surface area contributed by atoms with Crippen molar-refractivity contribution in [3.8, 4) is 11.3 Å². The van der Waals surface area contributed by atoms with Crippen LogP contribution in [0, 0.1) is 12.8 Å². The molecule has 1 atom stereocenters. The fourth-order valence-corrected chi connectivity index (χ4v) is 2.60. The van der Waals surface area contributed by atoms with E-state index in [9.17, 15) is 9.59 Å². The summed E-state index contributed by atoms with van der Waals surface area (Å²) < 4.78 is 11.2. The Morgan fingerprint density at radius 1 is 1.08 bits per heavy atom. The molecule has 0 saturated heterocycles. The van der Waals surface area contributed by atoms with E-state index in [2.05, 4.69) is 5.16 Å². The van der Waals surface area contributed by atoms with Crippen LogP contribution in [0.1, 0.15) is 45.1 Å². The van der Waals surface area contributed by atoms with Crippen LogP contribution >= 0.6 is 0 Å². The molecular weight excluding hydrogens is 306 g/mol. The van der Waals surface area contributed by atoms with Crippen molar-refractivity contribution in [2.75, 3.05) is 0 Å². The maximum Gasteiger partial charge on any atom is 0.167 e. The van der Waals surface area contributed by atoms with Crippen molar-refractivity contribution in [1.82, 2.24) is 5.16 Å². The van der Waals surface area contributed by atoms with Gasteiger partial charge in [-0.2, -0.15) is 0 Å². The average molecular weight is 329 g/mol. The Morgan fingerprint density at radius 2 is 1.67 bits per heavy atom. The zero-order valence-electron chi connectivity index (χ0n) is 14.7. The van der Waals surface area contributed by atoms with Crippen LogP contribution in [0.25, 0.3) is 11.3 Å². The molecular formula is C19H23NO4. The number of aryl methyl sites for hydroxylation is 1. The number of hydrogen-bond donors (Lipinski definition) is 0. The van der Waals surface area contributed by atoms with Gasteiger partial charge in [0.2, 0.25) is 0 Å². The molecule has 0 saturated carbocycles.